The van der Waals surface area contributed by atoms with E-state index in [1.807, 2.05) is 32.9 Å². The highest BCUT2D eigenvalue weighted by molar-refractivity contribution is 9.10. The summed E-state index contributed by atoms with van der Waals surface area (Å²) < 4.78 is 6.64. The van der Waals surface area contributed by atoms with E-state index in [0.717, 1.165) is 15.6 Å². The van der Waals surface area contributed by atoms with Crippen molar-refractivity contribution in [2.24, 2.45) is 0 Å². The molecule has 2 aromatic rings. The van der Waals surface area contributed by atoms with Crippen LogP contribution in [0, 0.1) is 6.92 Å². The van der Waals surface area contributed by atoms with Crippen molar-refractivity contribution >= 4 is 50.9 Å². The first kappa shape index (κ1) is 24.5. The van der Waals surface area contributed by atoms with E-state index < -0.39 is 6.04 Å². The number of nitrogens with zero attached hydrogens (tertiary/aromatic N) is 1. The summed E-state index contributed by atoms with van der Waals surface area (Å²) in [5.41, 5.74) is 1.76. The van der Waals surface area contributed by atoms with E-state index in [-0.39, 0.29) is 31.0 Å². The van der Waals surface area contributed by atoms with Gasteiger partial charge in [0.05, 0.1) is 10.0 Å². The van der Waals surface area contributed by atoms with Crippen molar-refractivity contribution in [3.05, 3.63) is 62.0 Å². The van der Waals surface area contributed by atoms with Crippen LogP contribution in [0.1, 0.15) is 31.9 Å². The third-order valence-electron chi connectivity index (χ3n) is 4.43. The molecule has 0 aliphatic carbocycles. The fourth-order valence-electron chi connectivity index (χ4n) is 2.76. The van der Waals surface area contributed by atoms with Crippen molar-refractivity contribution in [2.75, 3.05) is 6.61 Å². The summed E-state index contributed by atoms with van der Waals surface area (Å²) in [5.74, 6) is 0.0313. The molecule has 0 fully saturated rings. The third kappa shape index (κ3) is 6.89. The molecule has 0 spiro atoms. The number of ether oxygens (including phenoxy) is 1. The Labute approximate surface area is 195 Å². The quantitative estimate of drug-likeness (QED) is 0.513. The second-order valence-electron chi connectivity index (χ2n) is 7.31. The van der Waals surface area contributed by atoms with Gasteiger partial charge in [-0.25, -0.2) is 0 Å². The number of nitrogens with one attached hydrogen (secondary N) is 1. The summed E-state index contributed by atoms with van der Waals surface area (Å²) in [6.07, 6.45) is 0. The molecule has 8 heteroatoms. The van der Waals surface area contributed by atoms with Crippen LogP contribution in [0.4, 0.5) is 0 Å². The Balaban J connectivity index is 2.19. The van der Waals surface area contributed by atoms with Crippen molar-refractivity contribution in [3.63, 3.8) is 0 Å². The summed E-state index contributed by atoms with van der Waals surface area (Å²) in [6, 6.07) is 9.89. The Bertz CT molecular complexity index is 921. The molecule has 0 aliphatic heterocycles. The number of hydrogen-bond donors (Lipinski definition) is 1. The second kappa shape index (κ2) is 11.0. The lowest BCUT2D eigenvalue weighted by Gasteiger charge is -2.29. The van der Waals surface area contributed by atoms with Crippen molar-refractivity contribution < 1.29 is 14.3 Å². The first-order chi connectivity index (χ1) is 14.1. The smallest absolute Gasteiger partial charge is 0.261 e. The predicted octanol–water partition coefficient (Wildman–Crippen LogP) is 5.39. The van der Waals surface area contributed by atoms with Gasteiger partial charge in [0, 0.05) is 17.1 Å². The van der Waals surface area contributed by atoms with Gasteiger partial charge >= 0.3 is 0 Å². The number of benzene rings is 2. The molecule has 2 aromatic carbocycles. The molecular formula is C22H25BrCl2N2O3. The van der Waals surface area contributed by atoms with Crippen LogP contribution in [0.2, 0.25) is 10.0 Å². The van der Waals surface area contributed by atoms with Crippen LogP contribution in [0.3, 0.4) is 0 Å². The highest BCUT2D eigenvalue weighted by atomic mass is 79.9. The van der Waals surface area contributed by atoms with E-state index in [0.29, 0.717) is 15.8 Å². The van der Waals surface area contributed by atoms with Gasteiger partial charge in [-0.1, -0.05) is 45.2 Å². The molecule has 1 N–H and O–H groups in total. The van der Waals surface area contributed by atoms with Gasteiger partial charge in [0.2, 0.25) is 5.91 Å². The van der Waals surface area contributed by atoms with E-state index in [4.69, 9.17) is 27.9 Å². The first-order valence-corrected chi connectivity index (χ1v) is 11.1. The number of rotatable bonds is 8. The van der Waals surface area contributed by atoms with Gasteiger partial charge in [0.25, 0.3) is 5.91 Å². The molecule has 0 radical (unpaired) electrons. The molecule has 2 rings (SSSR count). The topological polar surface area (TPSA) is 58.6 Å². The lowest BCUT2D eigenvalue weighted by Crippen LogP contribution is -2.50. The zero-order chi connectivity index (χ0) is 22.4. The van der Waals surface area contributed by atoms with Gasteiger partial charge in [-0.3, -0.25) is 9.59 Å². The molecule has 0 saturated carbocycles. The van der Waals surface area contributed by atoms with E-state index >= 15 is 0 Å². The summed E-state index contributed by atoms with van der Waals surface area (Å²) in [7, 11) is 0. The molecule has 0 bridgehead atoms. The molecule has 2 amide bonds. The van der Waals surface area contributed by atoms with Gasteiger partial charge in [0.15, 0.2) is 6.61 Å². The lowest BCUT2D eigenvalue weighted by molar-refractivity contribution is -0.142. The van der Waals surface area contributed by atoms with Crippen LogP contribution in [-0.2, 0) is 16.1 Å². The SMILES string of the molecule is Cc1cc(OCC(=O)N(Cc2ccc(Cl)c(Cl)c2)[C@@H](C)C(=O)NC(C)C)ccc1Br. The monoisotopic (exact) mass is 514 g/mol. The molecule has 0 aliphatic rings. The van der Waals surface area contributed by atoms with E-state index in [2.05, 4.69) is 21.2 Å². The molecule has 30 heavy (non-hydrogen) atoms. The lowest BCUT2D eigenvalue weighted by atomic mass is 10.1. The highest BCUT2D eigenvalue weighted by Gasteiger charge is 2.27. The van der Waals surface area contributed by atoms with E-state index in [9.17, 15) is 9.59 Å². The number of amides is 2. The Morgan fingerprint density at radius 2 is 1.80 bits per heavy atom. The summed E-state index contributed by atoms with van der Waals surface area (Å²) in [5, 5.41) is 3.67. The van der Waals surface area contributed by atoms with Crippen molar-refractivity contribution in [1.82, 2.24) is 10.2 Å². The van der Waals surface area contributed by atoms with Crippen molar-refractivity contribution in [2.45, 2.75) is 46.3 Å². The van der Waals surface area contributed by atoms with Gasteiger partial charge in [0.1, 0.15) is 11.8 Å². The normalized spacial score (nSPS) is 11.9. The molecule has 0 aromatic heterocycles. The van der Waals surface area contributed by atoms with Crippen LogP contribution in [0.15, 0.2) is 40.9 Å². The van der Waals surface area contributed by atoms with Gasteiger partial charge in [-0.05, 0) is 69.2 Å². The molecule has 0 heterocycles. The fourth-order valence-corrected chi connectivity index (χ4v) is 3.32. The average Bonchev–Trinajstić information content (AvgIpc) is 2.68. The second-order valence-corrected chi connectivity index (χ2v) is 8.98. The molecule has 5 nitrogen and oxygen atoms in total. The van der Waals surface area contributed by atoms with Crippen molar-refractivity contribution in [1.29, 1.82) is 0 Å². The van der Waals surface area contributed by atoms with Crippen LogP contribution in [-0.4, -0.2) is 35.4 Å². The zero-order valence-electron chi connectivity index (χ0n) is 17.3. The molecule has 0 unspecified atom stereocenters. The minimum atomic E-state index is -0.690. The summed E-state index contributed by atoms with van der Waals surface area (Å²) in [6.45, 7) is 7.38. The Hall–Kier alpha value is -1.76. The molecular weight excluding hydrogens is 491 g/mol. The Kier molecular flexibility index (Phi) is 9.01. The molecule has 1 atom stereocenters. The third-order valence-corrected chi connectivity index (χ3v) is 6.06. The maximum absolute atomic E-state index is 13.0. The summed E-state index contributed by atoms with van der Waals surface area (Å²) in [4.78, 5) is 27.1. The number of carbonyl (C=O) groups is 2. The Morgan fingerprint density at radius 1 is 1.10 bits per heavy atom. The molecule has 162 valence electrons. The zero-order valence-corrected chi connectivity index (χ0v) is 20.4. The fraction of sp³-hybridized carbons (Fsp3) is 0.364. The van der Waals surface area contributed by atoms with Gasteiger partial charge in [-0.2, -0.15) is 0 Å². The van der Waals surface area contributed by atoms with Crippen LogP contribution >= 0.6 is 39.1 Å². The summed E-state index contributed by atoms with van der Waals surface area (Å²) >= 11 is 15.5. The Morgan fingerprint density at radius 3 is 2.40 bits per heavy atom. The standard InChI is InChI=1S/C22H25BrCl2N2O3/c1-13(2)26-22(29)15(4)27(11-16-5-8-19(24)20(25)10-16)21(28)12-30-17-6-7-18(23)14(3)9-17/h5-10,13,15H,11-12H2,1-4H3,(H,26,29)/t15-/m0/s1. The number of aryl methyl sites for hydroxylation is 1. The minimum absolute atomic E-state index is 0.0381. The van der Waals surface area contributed by atoms with E-state index in [1.165, 1.54) is 4.90 Å². The highest BCUT2D eigenvalue weighted by Crippen LogP contribution is 2.24. The number of carbonyl (C=O) groups excluding carboxylic acids is 2. The average molecular weight is 516 g/mol. The van der Waals surface area contributed by atoms with Crippen LogP contribution < -0.4 is 10.1 Å². The number of hydrogen-bond acceptors (Lipinski definition) is 3. The van der Waals surface area contributed by atoms with Gasteiger partial charge < -0.3 is 15.0 Å². The maximum Gasteiger partial charge on any atom is 0.261 e. The molecule has 0 saturated heterocycles. The van der Waals surface area contributed by atoms with E-state index in [1.54, 1.807) is 31.2 Å². The predicted molar refractivity (Wildman–Crippen MR) is 124 cm³/mol. The number of halogens is 3. The first-order valence-electron chi connectivity index (χ1n) is 9.51. The largest absolute Gasteiger partial charge is 0.484 e. The van der Waals surface area contributed by atoms with Crippen molar-refractivity contribution in [3.8, 4) is 5.75 Å². The van der Waals surface area contributed by atoms with Crippen LogP contribution in [0.25, 0.3) is 0 Å². The van der Waals surface area contributed by atoms with Gasteiger partial charge in [-0.15, -0.1) is 0 Å². The minimum Gasteiger partial charge on any atom is -0.484 e. The maximum atomic E-state index is 13.0. The van der Waals surface area contributed by atoms with Crippen LogP contribution in [0.5, 0.6) is 5.75 Å².